The van der Waals surface area contributed by atoms with Crippen LogP contribution in [0.1, 0.15) is 30.4 Å². The molecule has 1 aliphatic rings. The number of carboxylic acids is 1. The van der Waals surface area contributed by atoms with Gasteiger partial charge < -0.3 is 14.6 Å². The van der Waals surface area contributed by atoms with Crippen molar-refractivity contribution in [2.45, 2.75) is 25.7 Å². The molecule has 0 saturated heterocycles. The van der Waals surface area contributed by atoms with E-state index in [0.717, 1.165) is 35.7 Å². The Morgan fingerprint density at radius 1 is 1.09 bits per heavy atom. The van der Waals surface area contributed by atoms with Crippen LogP contribution in [0.3, 0.4) is 0 Å². The molecule has 0 radical (unpaired) electrons. The van der Waals surface area contributed by atoms with E-state index in [9.17, 15) is 4.79 Å². The van der Waals surface area contributed by atoms with Crippen molar-refractivity contribution in [3.05, 3.63) is 53.6 Å². The van der Waals surface area contributed by atoms with Gasteiger partial charge in [0, 0.05) is 18.4 Å². The van der Waals surface area contributed by atoms with Crippen LogP contribution in [-0.2, 0) is 11.2 Å². The van der Waals surface area contributed by atoms with Crippen molar-refractivity contribution >= 4 is 5.97 Å². The number of hydrogen-bond acceptors (Lipinski definition) is 3. The molecule has 0 aliphatic carbocycles. The largest absolute Gasteiger partial charge is 0.494 e. The molecular formula is C18H18O4. The van der Waals surface area contributed by atoms with Gasteiger partial charge in [0.05, 0.1) is 6.61 Å². The van der Waals surface area contributed by atoms with Crippen molar-refractivity contribution in [2.75, 3.05) is 6.61 Å². The van der Waals surface area contributed by atoms with Crippen molar-refractivity contribution in [3.63, 3.8) is 0 Å². The molecule has 0 atom stereocenters. The lowest BCUT2D eigenvalue weighted by atomic mass is 10.0. The fraction of sp³-hybridized carbons (Fsp3) is 0.278. The molecule has 114 valence electrons. The molecule has 0 spiro atoms. The molecule has 4 nitrogen and oxygen atoms in total. The molecule has 0 bridgehead atoms. The maximum Gasteiger partial charge on any atom is 0.303 e. The molecular weight excluding hydrogens is 280 g/mol. The van der Waals surface area contributed by atoms with Gasteiger partial charge in [0.25, 0.3) is 0 Å². The molecule has 4 heteroatoms. The van der Waals surface area contributed by atoms with Crippen LogP contribution >= 0.6 is 0 Å². The third-order valence-corrected chi connectivity index (χ3v) is 3.66. The van der Waals surface area contributed by atoms with Gasteiger partial charge in [-0.15, -0.1) is 0 Å². The lowest BCUT2D eigenvalue weighted by Crippen LogP contribution is -2.04. The molecule has 1 N–H and O–H groups in total. The van der Waals surface area contributed by atoms with E-state index in [1.54, 1.807) is 0 Å². The van der Waals surface area contributed by atoms with Gasteiger partial charge in [0.15, 0.2) is 0 Å². The van der Waals surface area contributed by atoms with E-state index in [1.807, 2.05) is 36.4 Å². The van der Waals surface area contributed by atoms with Gasteiger partial charge in [-0.2, -0.15) is 0 Å². The number of rotatable bonds is 6. The molecule has 0 amide bonds. The number of fused-ring (bicyclic) bond motifs is 2. The first kappa shape index (κ1) is 14.4. The first-order valence-electron chi connectivity index (χ1n) is 7.45. The molecule has 1 aliphatic heterocycles. The Balaban J connectivity index is 1.59. The van der Waals surface area contributed by atoms with Crippen LogP contribution in [0.25, 0.3) is 0 Å². The number of para-hydroxylation sites is 1. The summed E-state index contributed by atoms with van der Waals surface area (Å²) >= 11 is 0. The summed E-state index contributed by atoms with van der Waals surface area (Å²) in [6.07, 6.45) is 2.40. The molecule has 0 unspecified atom stereocenters. The maximum atomic E-state index is 10.4. The number of carboxylic acid groups (broad SMARTS) is 1. The van der Waals surface area contributed by atoms with Crippen molar-refractivity contribution in [1.82, 2.24) is 0 Å². The van der Waals surface area contributed by atoms with Gasteiger partial charge in [-0.3, -0.25) is 4.79 Å². The number of carbonyl (C=O) groups is 1. The van der Waals surface area contributed by atoms with Gasteiger partial charge in [0.1, 0.15) is 17.2 Å². The van der Waals surface area contributed by atoms with E-state index in [2.05, 4.69) is 6.07 Å². The van der Waals surface area contributed by atoms with E-state index in [4.69, 9.17) is 14.6 Å². The smallest absolute Gasteiger partial charge is 0.303 e. The summed E-state index contributed by atoms with van der Waals surface area (Å²) in [5.41, 5.74) is 2.29. The monoisotopic (exact) mass is 298 g/mol. The van der Waals surface area contributed by atoms with Crippen molar-refractivity contribution in [2.24, 2.45) is 0 Å². The van der Waals surface area contributed by atoms with Crippen LogP contribution in [0.4, 0.5) is 0 Å². The lowest BCUT2D eigenvalue weighted by Gasteiger charge is -2.20. The minimum Gasteiger partial charge on any atom is -0.494 e. The van der Waals surface area contributed by atoms with E-state index < -0.39 is 5.97 Å². The molecule has 0 aromatic heterocycles. The molecule has 1 heterocycles. The molecule has 2 aromatic rings. The highest BCUT2D eigenvalue weighted by atomic mass is 16.5. The highest BCUT2D eigenvalue weighted by Gasteiger charge is 2.16. The third kappa shape index (κ3) is 3.39. The fourth-order valence-corrected chi connectivity index (χ4v) is 2.52. The second-order valence-corrected chi connectivity index (χ2v) is 5.36. The minimum absolute atomic E-state index is 0.193. The average Bonchev–Trinajstić information content (AvgIpc) is 2.52. The second-order valence-electron chi connectivity index (χ2n) is 5.36. The number of hydrogen-bond donors (Lipinski definition) is 1. The van der Waals surface area contributed by atoms with Crippen LogP contribution in [0.2, 0.25) is 0 Å². The summed E-state index contributed by atoms with van der Waals surface area (Å²) < 4.78 is 11.6. The van der Waals surface area contributed by atoms with Gasteiger partial charge in [-0.05, 0) is 42.7 Å². The quantitative estimate of drug-likeness (QED) is 0.698. The lowest BCUT2D eigenvalue weighted by molar-refractivity contribution is -0.137. The number of aliphatic carboxylic acids is 1. The van der Waals surface area contributed by atoms with Crippen LogP contribution < -0.4 is 9.47 Å². The molecule has 2 aromatic carbocycles. The van der Waals surface area contributed by atoms with Gasteiger partial charge in [-0.25, -0.2) is 0 Å². The Hall–Kier alpha value is -2.49. The zero-order chi connectivity index (χ0) is 15.4. The standard InChI is InChI=1S/C18H18O4/c19-18(20)7-3-4-10-21-15-8-9-17-14(12-15)11-13-5-1-2-6-16(13)22-17/h1-2,5-6,8-9,12H,3-4,7,10-11H2,(H,19,20). The maximum absolute atomic E-state index is 10.4. The van der Waals surface area contributed by atoms with E-state index >= 15 is 0 Å². The number of benzene rings is 2. The third-order valence-electron chi connectivity index (χ3n) is 3.66. The Bertz CT molecular complexity index is 679. The summed E-state index contributed by atoms with van der Waals surface area (Å²) in [5, 5.41) is 8.59. The van der Waals surface area contributed by atoms with E-state index in [1.165, 1.54) is 5.56 Å². The van der Waals surface area contributed by atoms with Crippen molar-refractivity contribution in [3.8, 4) is 17.2 Å². The zero-order valence-electron chi connectivity index (χ0n) is 12.2. The SMILES string of the molecule is O=C(O)CCCCOc1ccc2c(c1)Cc1ccccc1O2. The van der Waals surface area contributed by atoms with Crippen molar-refractivity contribution < 1.29 is 19.4 Å². The fourth-order valence-electron chi connectivity index (χ4n) is 2.52. The summed E-state index contributed by atoms with van der Waals surface area (Å²) in [4.78, 5) is 10.4. The average molecular weight is 298 g/mol. The summed E-state index contributed by atoms with van der Waals surface area (Å²) in [6.45, 7) is 0.531. The van der Waals surface area contributed by atoms with Gasteiger partial charge in [0.2, 0.25) is 0 Å². The molecule has 0 saturated carbocycles. The topological polar surface area (TPSA) is 55.8 Å². The molecule has 22 heavy (non-hydrogen) atoms. The Labute approximate surface area is 129 Å². The van der Waals surface area contributed by atoms with Gasteiger partial charge in [-0.1, -0.05) is 18.2 Å². The highest BCUT2D eigenvalue weighted by molar-refractivity contribution is 5.66. The number of ether oxygens (including phenoxy) is 2. The van der Waals surface area contributed by atoms with Crippen LogP contribution in [0.15, 0.2) is 42.5 Å². The number of unbranched alkanes of at least 4 members (excludes halogenated alkanes) is 1. The molecule has 3 rings (SSSR count). The van der Waals surface area contributed by atoms with Crippen LogP contribution in [0.5, 0.6) is 17.2 Å². The summed E-state index contributed by atoms with van der Waals surface area (Å²) in [6, 6.07) is 13.8. The van der Waals surface area contributed by atoms with E-state index in [0.29, 0.717) is 13.0 Å². The first-order chi connectivity index (χ1) is 10.7. The Morgan fingerprint density at radius 3 is 2.77 bits per heavy atom. The Kier molecular flexibility index (Phi) is 4.28. The molecule has 0 fully saturated rings. The van der Waals surface area contributed by atoms with Crippen LogP contribution in [-0.4, -0.2) is 17.7 Å². The van der Waals surface area contributed by atoms with E-state index in [-0.39, 0.29) is 6.42 Å². The van der Waals surface area contributed by atoms with Crippen LogP contribution in [0, 0.1) is 0 Å². The normalized spacial score (nSPS) is 12.0. The predicted octanol–water partition coefficient (Wildman–Crippen LogP) is 4.02. The summed E-state index contributed by atoms with van der Waals surface area (Å²) in [7, 11) is 0. The Morgan fingerprint density at radius 2 is 1.91 bits per heavy atom. The minimum atomic E-state index is -0.760. The first-order valence-corrected chi connectivity index (χ1v) is 7.45. The van der Waals surface area contributed by atoms with Gasteiger partial charge >= 0.3 is 5.97 Å². The van der Waals surface area contributed by atoms with Crippen molar-refractivity contribution in [1.29, 1.82) is 0 Å². The predicted molar refractivity (Wildman–Crippen MR) is 82.7 cm³/mol. The zero-order valence-corrected chi connectivity index (χ0v) is 12.2. The highest BCUT2D eigenvalue weighted by Crippen LogP contribution is 2.37. The summed E-state index contributed by atoms with van der Waals surface area (Å²) in [5.74, 6) is 1.83. The second kappa shape index (κ2) is 6.52.